The summed E-state index contributed by atoms with van der Waals surface area (Å²) >= 11 is 0. The van der Waals surface area contributed by atoms with Gasteiger partial charge in [-0.05, 0) is 39.5 Å². The van der Waals surface area contributed by atoms with Gasteiger partial charge in [-0.2, -0.15) is 0 Å². The molecule has 0 amide bonds. The monoisotopic (exact) mass is 254 g/mol. The fraction of sp³-hybridized carbons (Fsp3) is 0.800. The summed E-state index contributed by atoms with van der Waals surface area (Å²) in [5.41, 5.74) is 0.345. The first kappa shape index (κ1) is 15.2. The highest BCUT2D eigenvalue weighted by Gasteiger charge is 2.22. The number of rotatable bonds is 5. The van der Waals surface area contributed by atoms with E-state index in [1.54, 1.807) is 7.11 Å². The molecule has 0 saturated heterocycles. The molecule has 104 valence electrons. The first-order valence-corrected chi connectivity index (χ1v) is 6.85. The normalized spacial score (nSPS) is 18.1. The molecule has 0 heterocycles. The van der Waals surface area contributed by atoms with Crippen molar-refractivity contribution in [3.63, 3.8) is 0 Å². The lowest BCUT2D eigenvalue weighted by Gasteiger charge is -2.21. The quantitative estimate of drug-likeness (QED) is 0.556. The van der Waals surface area contributed by atoms with E-state index < -0.39 is 5.60 Å². The van der Waals surface area contributed by atoms with Gasteiger partial charge in [0.25, 0.3) is 0 Å². The number of methoxy groups -OCH3 is 1. The van der Waals surface area contributed by atoms with Gasteiger partial charge >= 0.3 is 5.97 Å². The molecule has 1 aliphatic carbocycles. The van der Waals surface area contributed by atoms with Gasteiger partial charge < -0.3 is 9.47 Å². The smallest absolute Gasteiger partial charge is 0.334 e. The van der Waals surface area contributed by atoms with Crippen molar-refractivity contribution in [2.24, 2.45) is 5.92 Å². The number of esters is 1. The molecule has 0 spiro atoms. The predicted octanol–water partition coefficient (Wildman–Crippen LogP) is 3.48. The van der Waals surface area contributed by atoms with Crippen molar-refractivity contribution < 1.29 is 14.3 Å². The predicted molar refractivity (Wildman–Crippen MR) is 72.4 cm³/mol. The third-order valence-corrected chi connectivity index (χ3v) is 3.07. The van der Waals surface area contributed by atoms with Crippen molar-refractivity contribution in [2.75, 3.05) is 13.7 Å². The largest absolute Gasteiger partial charge is 0.457 e. The van der Waals surface area contributed by atoms with Crippen LogP contribution in [0.2, 0.25) is 0 Å². The molecule has 1 aliphatic rings. The van der Waals surface area contributed by atoms with Crippen molar-refractivity contribution in [3.8, 4) is 0 Å². The maximum atomic E-state index is 12.1. The van der Waals surface area contributed by atoms with Gasteiger partial charge in [0.2, 0.25) is 0 Å². The molecule has 0 N–H and O–H groups in total. The highest BCUT2D eigenvalue weighted by molar-refractivity contribution is 5.88. The lowest BCUT2D eigenvalue weighted by atomic mass is 10.0. The van der Waals surface area contributed by atoms with Gasteiger partial charge in [-0.1, -0.05) is 18.9 Å². The molecule has 0 aliphatic heterocycles. The van der Waals surface area contributed by atoms with Crippen molar-refractivity contribution >= 4 is 5.97 Å². The van der Waals surface area contributed by atoms with Crippen LogP contribution in [0.3, 0.4) is 0 Å². The number of hydrogen-bond acceptors (Lipinski definition) is 3. The van der Waals surface area contributed by atoms with Crippen molar-refractivity contribution in [3.05, 3.63) is 11.6 Å². The molecular formula is C15H26O3. The molecule has 0 aromatic heterocycles. The lowest BCUT2D eigenvalue weighted by Crippen LogP contribution is -2.25. The van der Waals surface area contributed by atoms with Gasteiger partial charge in [-0.15, -0.1) is 0 Å². The molecule has 0 aromatic carbocycles. The van der Waals surface area contributed by atoms with Gasteiger partial charge in [0.1, 0.15) is 5.60 Å². The first-order chi connectivity index (χ1) is 8.42. The molecule has 0 unspecified atom stereocenters. The Morgan fingerprint density at radius 2 is 1.89 bits per heavy atom. The standard InChI is InChI=1S/C15H26O3/c1-15(2,3)18-14(16)13(9-10-17-4)11-12-7-5-6-8-12/h11-12H,5-10H2,1-4H3/b13-11+. The van der Waals surface area contributed by atoms with E-state index in [0.717, 1.165) is 5.57 Å². The van der Waals surface area contributed by atoms with Crippen LogP contribution in [0.4, 0.5) is 0 Å². The van der Waals surface area contributed by atoms with E-state index in [1.165, 1.54) is 25.7 Å². The summed E-state index contributed by atoms with van der Waals surface area (Å²) < 4.78 is 10.5. The molecule has 1 saturated carbocycles. The second kappa shape index (κ2) is 6.93. The summed E-state index contributed by atoms with van der Waals surface area (Å²) in [5, 5.41) is 0. The molecule has 3 nitrogen and oxygen atoms in total. The van der Waals surface area contributed by atoms with E-state index in [2.05, 4.69) is 6.08 Å². The molecule has 0 radical (unpaired) electrons. The Labute approximate surface area is 111 Å². The van der Waals surface area contributed by atoms with Crippen LogP contribution < -0.4 is 0 Å². The van der Waals surface area contributed by atoms with Crippen LogP contribution in [0.25, 0.3) is 0 Å². The number of hydrogen-bond donors (Lipinski definition) is 0. The fourth-order valence-corrected chi connectivity index (χ4v) is 2.22. The van der Waals surface area contributed by atoms with E-state index in [1.807, 2.05) is 20.8 Å². The maximum absolute atomic E-state index is 12.1. The van der Waals surface area contributed by atoms with E-state index in [4.69, 9.17) is 9.47 Å². The summed E-state index contributed by atoms with van der Waals surface area (Å²) in [7, 11) is 1.66. The molecule has 0 aromatic rings. The van der Waals surface area contributed by atoms with Gasteiger partial charge in [-0.3, -0.25) is 0 Å². The Kier molecular flexibility index (Phi) is 5.86. The second-order valence-corrected chi connectivity index (χ2v) is 5.98. The van der Waals surface area contributed by atoms with Gasteiger partial charge in [0.15, 0.2) is 0 Å². The van der Waals surface area contributed by atoms with Crippen LogP contribution in [0.1, 0.15) is 52.9 Å². The summed E-state index contributed by atoms with van der Waals surface area (Å²) in [6.45, 7) is 6.26. The lowest BCUT2D eigenvalue weighted by molar-refractivity contribution is -0.150. The zero-order valence-corrected chi connectivity index (χ0v) is 12.1. The highest BCUT2D eigenvalue weighted by atomic mass is 16.6. The van der Waals surface area contributed by atoms with E-state index in [-0.39, 0.29) is 5.97 Å². The average Bonchev–Trinajstić information content (AvgIpc) is 2.74. The Balaban J connectivity index is 2.67. The average molecular weight is 254 g/mol. The minimum atomic E-state index is -0.432. The van der Waals surface area contributed by atoms with Crippen molar-refractivity contribution in [2.45, 2.75) is 58.5 Å². The van der Waals surface area contributed by atoms with Crippen LogP contribution in [-0.2, 0) is 14.3 Å². The molecule has 0 bridgehead atoms. The fourth-order valence-electron chi connectivity index (χ4n) is 2.22. The maximum Gasteiger partial charge on any atom is 0.334 e. The van der Waals surface area contributed by atoms with Crippen molar-refractivity contribution in [1.82, 2.24) is 0 Å². The summed E-state index contributed by atoms with van der Waals surface area (Å²) in [4.78, 5) is 12.1. The molecular weight excluding hydrogens is 228 g/mol. The van der Waals surface area contributed by atoms with E-state index in [9.17, 15) is 4.79 Å². The number of carbonyl (C=O) groups excluding carboxylic acids is 1. The topological polar surface area (TPSA) is 35.5 Å². The van der Waals surface area contributed by atoms with Crippen molar-refractivity contribution in [1.29, 1.82) is 0 Å². The van der Waals surface area contributed by atoms with Gasteiger partial charge in [0, 0.05) is 19.1 Å². The van der Waals surface area contributed by atoms with Crippen LogP contribution in [0.5, 0.6) is 0 Å². The minimum absolute atomic E-state index is 0.188. The Morgan fingerprint density at radius 1 is 1.28 bits per heavy atom. The third-order valence-electron chi connectivity index (χ3n) is 3.07. The Morgan fingerprint density at radius 3 is 2.39 bits per heavy atom. The van der Waals surface area contributed by atoms with Gasteiger partial charge in [-0.25, -0.2) is 4.79 Å². The van der Waals surface area contributed by atoms with E-state index in [0.29, 0.717) is 18.9 Å². The van der Waals surface area contributed by atoms with Crippen LogP contribution in [0, 0.1) is 5.92 Å². The zero-order chi connectivity index (χ0) is 13.6. The van der Waals surface area contributed by atoms with Crippen LogP contribution in [0.15, 0.2) is 11.6 Å². The van der Waals surface area contributed by atoms with E-state index >= 15 is 0 Å². The number of allylic oxidation sites excluding steroid dienone is 1. The van der Waals surface area contributed by atoms with Gasteiger partial charge in [0.05, 0.1) is 6.61 Å². The SMILES string of the molecule is COCC/C(=C\C1CCCC1)C(=O)OC(C)(C)C. The molecule has 1 fully saturated rings. The Bertz CT molecular complexity index is 293. The molecule has 0 atom stereocenters. The summed E-state index contributed by atoms with van der Waals surface area (Å²) in [6, 6.07) is 0. The third kappa shape index (κ3) is 5.67. The second-order valence-electron chi connectivity index (χ2n) is 5.98. The highest BCUT2D eigenvalue weighted by Crippen LogP contribution is 2.28. The first-order valence-electron chi connectivity index (χ1n) is 6.85. The zero-order valence-electron chi connectivity index (χ0n) is 12.1. The number of carbonyl (C=O) groups is 1. The minimum Gasteiger partial charge on any atom is -0.457 e. The molecule has 18 heavy (non-hydrogen) atoms. The summed E-state index contributed by atoms with van der Waals surface area (Å²) in [5.74, 6) is 0.357. The van der Waals surface area contributed by atoms with Crippen LogP contribution in [-0.4, -0.2) is 25.3 Å². The Hall–Kier alpha value is -0.830. The molecule has 1 rings (SSSR count). The summed E-state index contributed by atoms with van der Waals surface area (Å²) in [6.07, 6.45) is 7.68. The molecule has 3 heteroatoms. The number of ether oxygens (including phenoxy) is 2. The van der Waals surface area contributed by atoms with Crippen LogP contribution >= 0.6 is 0 Å².